The summed E-state index contributed by atoms with van der Waals surface area (Å²) in [4.78, 5) is 17.9. The van der Waals surface area contributed by atoms with Crippen LogP contribution < -0.4 is 24.3 Å². The fourth-order valence-electron chi connectivity index (χ4n) is 4.67. The number of carbonyl (C=O) groups is 1. The van der Waals surface area contributed by atoms with Crippen LogP contribution in [-0.2, 0) is 4.79 Å². The van der Waals surface area contributed by atoms with Gasteiger partial charge in [-0.25, -0.2) is 4.68 Å². The molecule has 0 fully saturated rings. The second-order valence-electron chi connectivity index (χ2n) is 8.06. The summed E-state index contributed by atoms with van der Waals surface area (Å²) in [7, 11) is 6.32. The molecule has 0 radical (unpaired) electrons. The monoisotopic (exact) mass is 462 g/mol. The molecule has 1 aromatic heterocycles. The normalized spacial score (nSPS) is 16.9. The highest BCUT2D eigenvalue weighted by Crippen LogP contribution is 2.46. The average Bonchev–Trinajstić information content (AvgIpc) is 3.30. The fourth-order valence-corrected chi connectivity index (χ4v) is 4.67. The Kier molecular flexibility index (Phi) is 5.61. The fraction of sp³-hybridized carbons (Fsp3) is 0.320. The number of fused-ring (bicyclic) bond motifs is 1. The maximum Gasteiger partial charge on any atom is 0.226 e. The molecule has 3 aromatic rings. The van der Waals surface area contributed by atoms with Crippen LogP contribution in [0.4, 0.5) is 5.95 Å². The Balaban J connectivity index is 1.72. The quantitative estimate of drug-likeness (QED) is 0.587. The van der Waals surface area contributed by atoms with Crippen molar-refractivity contribution in [2.45, 2.75) is 25.3 Å². The molecule has 2 aromatic carbocycles. The van der Waals surface area contributed by atoms with Crippen LogP contribution in [0.1, 0.15) is 30.9 Å². The Labute approximate surface area is 197 Å². The minimum atomic E-state index is -0.497. The standard InChI is InChI=1S/C25H26N4O5/c1-31-18-11-6-5-8-15(18)24-27-25-26-16-9-7-10-17(30)21(16)22(29(25)28-24)14-12-19(32-2)23(34-4)20(13-14)33-3/h5-6,8,11-13,22H,7,9-10H2,1-4H3,(H,26,27,28). The molecule has 0 saturated carbocycles. The molecule has 34 heavy (non-hydrogen) atoms. The Morgan fingerprint density at radius 1 is 0.941 bits per heavy atom. The van der Waals surface area contributed by atoms with Crippen LogP contribution in [0.5, 0.6) is 23.0 Å². The molecule has 0 amide bonds. The van der Waals surface area contributed by atoms with E-state index in [4.69, 9.17) is 29.0 Å². The van der Waals surface area contributed by atoms with Crippen molar-refractivity contribution in [3.05, 3.63) is 53.2 Å². The number of rotatable bonds is 6. The molecular formula is C25H26N4O5. The molecule has 1 N–H and O–H groups in total. The first-order valence-corrected chi connectivity index (χ1v) is 11.0. The Bertz CT molecular complexity index is 1270. The summed E-state index contributed by atoms with van der Waals surface area (Å²) in [5.74, 6) is 3.33. The molecule has 1 unspecified atom stereocenters. The summed E-state index contributed by atoms with van der Waals surface area (Å²) in [6.45, 7) is 0. The van der Waals surface area contributed by atoms with Crippen molar-refractivity contribution in [1.29, 1.82) is 0 Å². The zero-order valence-corrected chi connectivity index (χ0v) is 19.5. The van der Waals surface area contributed by atoms with Gasteiger partial charge in [0, 0.05) is 17.7 Å². The first kappa shape index (κ1) is 21.8. The van der Waals surface area contributed by atoms with Crippen molar-refractivity contribution in [3.63, 3.8) is 0 Å². The van der Waals surface area contributed by atoms with E-state index in [1.54, 1.807) is 33.1 Å². The number of carbonyl (C=O) groups excluding carboxylic acids is 1. The summed E-state index contributed by atoms with van der Waals surface area (Å²) in [6, 6.07) is 10.8. The van der Waals surface area contributed by atoms with Gasteiger partial charge in [-0.15, -0.1) is 5.10 Å². The average molecular weight is 463 g/mol. The molecule has 1 atom stereocenters. The van der Waals surface area contributed by atoms with Crippen molar-refractivity contribution in [1.82, 2.24) is 14.8 Å². The van der Waals surface area contributed by atoms with Crippen LogP contribution in [0.25, 0.3) is 11.4 Å². The highest BCUT2D eigenvalue weighted by Gasteiger charge is 2.38. The molecule has 0 spiro atoms. The van der Waals surface area contributed by atoms with Crippen molar-refractivity contribution < 1.29 is 23.7 Å². The van der Waals surface area contributed by atoms with Gasteiger partial charge in [-0.05, 0) is 42.7 Å². The van der Waals surface area contributed by atoms with Crippen LogP contribution in [-0.4, -0.2) is 49.0 Å². The number of allylic oxidation sites excluding steroid dienone is 2. The van der Waals surface area contributed by atoms with Gasteiger partial charge in [-0.3, -0.25) is 4.79 Å². The molecule has 1 aliphatic carbocycles. The number of para-hydroxylation sites is 1. The number of nitrogens with zero attached hydrogens (tertiary/aromatic N) is 3. The Morgan fingerprint density at radius 3 is 2.32 bits per heavy atom. The predicted molar refractivity (Wildman–Crippen MR) is 126 cm³/mol. The number of hydrogen-bond donors (Lipinski definition) is 1. The second kappa shape index (κ2) is 8.74. The van der Waals surface area contributed by atoms with Crippen molar-refractivity contribution >= 4 is 11.7 Å². The smallest absolute Gasteiger partial charge is 0.226 e. The van der Waals surface area contributed by atoms with E-state index < -0.39 is 6.04 Å². The lowest BCUT2D eigenvalue weighted by Gasteiger charge is -2.32. The maximum absolute atomic E-state index is 13.2. The lowest BCUT2D eigenvalue weighted by molar-refractivity contribution is -0.116. The molecule has 2 heterocycles. The van der Waals surface area contributed by atoms with Crippen molar-refractivity contribution in [2.24, 2.45) is 0 Å². The largest absolute Gasteiger partial charge is 0.496 e. The van der Waals surface area contributed by atoms with Crippen molar-refractivity contribution in [2.75, 3.05) is 33.8 Å². The third-order valence-electron chi connectivity index (χ3n) is 6.22. The van der Waals surface area contributed by atoms with Crippen LogP contribution >= 0.6 is 0 Å². The van der Waals surface area contributed by atoms with Crippen LogP contribution in [0.15, 0.2) is 47.7 Å². The number of aromatic nitrogens is 3. The zero-order chi connectivity index (χ0) is 23.8. The van der Waals surface area contributed by atoms with E-state index in [1.165, 1.54) is 0 Å². The number of methoxy groups -OCH3 is 4. The number of anilines is 1. The van der Waals surface area contributed by atoms with Gasteiger partial charge in [-0.2, -0.15) is 4.98 Å². The molecule has 176 valence electrons. The maximum atomic E-state index is 13.2. The number of ether oxygens (including phenoxy) is 4. The third-order valence-corrected chi connectivity index (χ3v) is 6.22. The molecule has 0 saturated heterocycles. The van der Waals surface area contributed by atoms with E-state index in [2.05, 4.69) is 5.32 Å². The minimum absolute atomic E-state index is 0.0903. The molecule has 5 rings (SSSR count). The van der Waals surface area contributed by atoms with Crippen LogP contribution in [0.2, 0.25) is 0 Å². The second-order valence-corrected chi connectivity index (χ2v) is 8.06. The number of hydrogen-bond acceptors (Lipinski definition) is 8. The summed E-state index contributed by atoms with van der Waals surface area (Å²) in [5, 5.41) is 8.19. The van der Waals surface area contributed by atoms with E-state index in [1.807, 2.05) is 36.4 Å². The number of ketones is 1. The van der Waals surface area contributed by atoms with Crippen LogP contribution in [0.3, 0.4) is 0 Å². The highest BCUT2D eigenvalue weighted by atomic mass is 16.5. The van der Waals surface area contributed by atoms with Crippen LogP contribution in [0, 0.1) is 0 Å². The van der Waals surface area contributed by atoms with E-state index in [0.717, 1.165) is 29.7 Å². The summed E-state index contributed by atoms with van der Waals surface area (Å²) in [6.07, 6.45) is 2.05. The summed E-state index contributed by atoms with van der Waals surface area (Å²) >= 11 is 0. The van der Waals surface area contributed by atoms with Gasteiger partial charge in [0.25, 0.3) is 0 Å². The first-order chi connectivity index (χ1) is 16.6. The molecular weight excluding hydrogens is 436 g/mol. The first-order valence-electron chi connectivity index (χ1n) is 11.0. The lowest BCUT2D eigenvalue weighted by atomic mass is 9.85. The van der Waals surface area contributed by atoms with Crippen molar-refractivity contribution in [3.8, 4) is 34.4 Å². The predicted octanol–water partition coefficient (Wildman–Crippen LogP) is 4.00. The van der Waals surface area contributed by atoms with Gasteiger partial charge in [-0.1, -0.05) is 12.1 Å². The third kappa shape index (κ3) is 3.44. The molecule has 1 aliphatic heterocycles. The van der Waals surface area contributed by atoms with Gasteiger partial charge >= 0.3 is 0 Å². The van der Waals surface area contributed by atoms with Gasteiger partial charge < -0.3 is 24.3 Å². The topological polar surface area (TPSA) is 96.7 Å². The molecule has 2 aliphatic rings. The van der Waals surface area contributed by atoms with E-state index in [0.29, 0.717) is 46.8 Å². The Morgan fingerprint density at radius 2 is 1.65 bits per heavy atom. The number of nitrogens with one attached hydrogen (secondary N) is 1. The molecule has 9 nitrogen and oxygen atoms in total. The van der Waals surface area contributed by atoms with E-state index in [9.17, 15) is 4.79 Å². The minimum Gasteiger partial charge on any atom is -0.496 e. The van der Waals surface area contributed by atoms with E-state index >= 15 is 0 Å². The number of Topliss-reactive ketones (excluding diaryl/α,β-unsaturated/α-hetero) is 1. The van der Waals surface area contributed by atoms with Gasteiger partial charge in [0.1, 0.15) is 11.8 Å². The van der Waals surface area contributed by atoms with Gasteiger partial charge in [0.15, 0.2) is 23.1 Å². The summed E-state index contributed by atoms with van der Waals surface area (Å²) in [5.41, 5.74) is 3.11. The molecule has 9 heteroatoms. The van der Waals surface area contributed by atoms with E-state index in [-0.39, 0.29) is 5.78 Å². The lowest BCUT2D eigenvalue weighted by Crippen LogP contribution is -2.31. The zero-order valence-electron chi connectivity index (χ0n) is 19.5. The SMILES string of the molecule is COc1ccccc1-c1nc2n(n1)C(c1cc(OC)c(OC)c(OC)c1)C1=C(CCCC1=O)N2. The summed E-state index contributed by atoms with van der Waals surface area (Å²) < 4.78 is 23.9. The number of benzene rings is 2. The molecule has 0 bridgehead atoms. The van der Waals surface area contributed by atoms with Gasteiger partial charge in [0.2, 0.25) is 11.7 Å². The highest BCUT2D eigenvalue weighted by molar-refractivity contribution is 5.99. The van der Waals surface area contributed by atoms with Gasteiger partial charge in [0.05, 0.1) is 34.0 Å². The Hall–Kier alpha value is -4.01.